The van der Waals surface area contributed by atoms with Crippen LogP contribution in [0.2, 0.25) is 0 Å². The minimum Gasteiger partial charge on any atom is -0.448 e. The molecule has 0 aliphatic carbocycles. The summed E-state index contributed by atoms with van der Waals surface area (Å²) in [5.41, 5.74) is 2.10. The van der Waals surface area contributed by atoms with Gasteiger partial charge in [-0.05, 0) is 43.2 Å². The molecule has 0 spiro atoms. The Hall–Kier alpha value is -4.26. The summed E-state index contributed by atoms with van der Waals surface area (Å²) in [5.74, 6) is -1.06. The third kappa shape index (κ3) is 3.67. The number of benzene rings is 3. The van der Waals surface area contributed by atoms with Gasteiger partial charge in [-0.1, -0.05) is 54.6 Å². The lowest BCUT2D eigenvalue weighted by Crippen LogP contribution is -2.39. The molecule has 0 unspecified atom stereocenters. The Morgan fingerprint density at radius 2 is 1.58 bits per heavy atom. The fourth-order valence-electron chi connectivity index (χ4n) is 4.14. The topological polar surface area (TPSA) is 81.5 Å². The highest BCUT2D eigenvalue weighted by molar-refractivity contribution is 6.04. The molecule has 0 saturated carbocycles. The van der Waals surface area contributed by atoms with Crippen LogP contribution in [0.25, 0.3) is 16.5 Å². The molecule has 2 heterocycles. The van der Waals surface area contributed by atoms with Gasteiger partial charge in [0, 0.05) is 17.6 Å². The van der Waals surface area contributed by atoms with Crippen molar-refractivity contribution in [2.24, 2.45) is 0 Å². The quantitative estimate of drug-likeness (QED) is 0.455. The number of para-hydroxylation sites is 2. The van der Waals surface area contributed by atoms with E-state index >= 15 is 0 Å². The zero-order valence-electron chi connectivity index (χ0n) is 18.0. The molecule has 164 valence electrons. The van der Waals surface area contributed by atoms with E-state index in [4.69, 9.17) is 4.74 Å². The lowest BCUT2D eigenvalue weighted by atomic mass is 10.1. The predicted molar refractivity (Wildman–Crippen MR) is 125 cm³/mol. The lowest BCUT2D eigenvalue weighted by molar-refractivity contribution is -0.126. The van der Waals surface area contributed by atoms with Crippen LogP contribution in [0.5, 0.6) is 0 Å². The second-order valence-corrected chi connectivity index (χ2v) is 7.86. The van der Waals surface area contributed by atoms with Crippen molar-refractivity contribution in [3.05, 3.63) is 100 Å². The molecular weight excluding hydrogens is 418 g/mol. The van der Waals surface area contributed by atoms with E-state index in [0.29, 0.717) is 23.0 Å². The van der Waals surface area contributed by atoms with Gasteiger partial charge >= 0.3 is 5.97 Å². The molecule has 3 aromatic carbocycles. The number of esters is 1. The van der Waals surface area contributed by atoms with Gasteiger partial charge in [0.15, 0.2) is 11.8 Å². The van der Waals surface area contributed by atoms with E-state index in [1.165, 1.54) is 4.68 Å². The zero-order valence-corrected chi connectivity index (χ0v) is 18.0. The third-order valence-electron chi connectivity index (χ3n) is 5.78. The molecule has 1 amide bonds. The molecule has 7 nitrogen and oxygen atoms in total. The average molecular weight is 439 g/mol. The van der Waals surface area contributed by atoms with E-state index in [1.807, 2.05) is 30.3 Å². The number of hydrogen-bond acceptors (Lipinski definition) is 5. The summed E-state index contributed by atoms with van der Waals surface area (Å²) < 4.78 is 6.74. The molecule has 1 atom stereocenters. The highest BCUT2D eigenvalue weighted by Crippen LogP contribution is 2.28. The normalized spacial score (nSPS) is 13.5. The molecule has 5 rings (SSSR count). The van der Waals surface area contributed by atoms with E-state index < -0.39 is 12.1 Å². The smallest absolute Gasteiger partial charge is 0.360 e. The van der Waals surface area contributed by atoms with E-state index in [0.717, 1.165) is 17.7 Å². The van der Waals surface area contributed by atoms with Crippen LogP contribution in [-0.2, 0) is 16.0 Å². The van der Waals surface area contributed by atoms with E-state index in [-0.39, 0.29) is 17.2 Å². The van der Waals surface area contributed by atoms with Gasteiger partial charge in [-0.15, -0.1) is 0 Å². The van der Waals surface area contributed by atoms with Gasteiger partial charge in [-0.2, -0.15) is 9.78 Å². The van der Waals surface area contributed by atoms with E-state index in [1.54, 1.807) is 60.4 Å². The number of rotatable bonds is 4. The first-order valence-electron chi connectivity index (χ1n) is 10.7. The van der Waals surface area contributed by atoms with Gasteiger partial charge in [-0.25, -0.2) is 4.79 Å². The first kappa shape index (κ1) is 20.6. The van der Waals surface area contributed by atoms with Crippen molar-refractivity contribution < 1.29 is 14.3 Å². The Morgan fingerprint density at radius 3 is 2.36 bits per heavy atom. The van der Waals surface area contributed by atoms with Crippen LogP contribution in [-0.4, -0.2) is 34.3 Å². The molecule has 7 heteroatoms. The van der Waals surface area contributed by atoms with Crippen LogP contribution >= 0.6 is 0 Å². The zero-order chi connectivity index (χ0) is 22.9. The summed E-state index contributed by atoms with van der Waals surface area (Å²) in [6.45, 7) is 2.09. The van der Waals surface area contributed by atoms with Gasteiger partial charge in [-0.3, -0.25) is 9.59 Å². The fraction of sp³-hybridized carbons (Fsp3) is 0.154. The van der Waals surface area contributed by atoms with Crippen molar-refractivity contribution in [3.8, 4) is 5.69 Å². The summed E-state index contributed by atoms with van der Waals surface area (Å²) in [4.78, 5) is 40.9. The number of amides is 1. The maximum Gasteiger partial charge on any atom is 0.360 e. The van der Waals surface area contributed by atoms with Crippen molar-refractivity contribution in [2.75, 3.05) is 11.4 Å². The van der Waals surface area contributed by atoms with Crippen molar-refractivity contribution in [1.82, 2.24) is 9.78 Å². The number of anilines is 1. The van der Waals surface area contributed by atoms with Gasteiger partial charge in [0.2, 0.25) is 0 Å². The van der Waals surface area contributed by atoms with Crippen LogP contribution in [0, 0.1) is 0 Å². The minimum absolute atomic E-state index is 0.0180. The first-order chi connectivity index (χ1) is 16.0. The number of fused-ring (bicyclic) bond motifs is 2. The summed E-state index contributed by atoms with van der Waals surface area (Å²) in [5, 5.41) is 5.04. The Labute approximate surface area is 189 Å². The van der Waals surface area contributed by atoms with Gasteiger partial charge in [0.25, 0.3) is 11.5 Å². The fourth-order valence-corrected chi connectivity index (χ4v) is 4.14. The summed E-state index contributed by atoms with van der Waals surface area (Å²) >= 11 is 0. The van der Waals surface area contributed by atoms with E-state index in [9.17, 15) is 14.4 Å². The monoisotopic (exact) mass is 439 g/mol. The molecule has 1 aliphatic heterocycles. The third-order valence-corrected chi connectivity index (χ3v) is 5.78. The molecule has 4 aromatic rings. The Morgan fingerprint density at radius 1 is 0.909 bits per heavy atom. The number of aromatic nitrogens is 2. The number of nitrogens with zero attached hydrogens (tertiary/aromatic N) is 3. The lowest BCUT2D eigenvalue weighted by Gasteiger charge is -2.22. The molecule has 0 fully saturated rings. The van der Waals surface area contributed by atoms with Crippen LogP contribution < -0.4 is 10.5 Å². The standard InChI is InChI=1S/C26H21N3O4/c1-17(24(30)28-16-15-18-9-5-8-14-22(18)28)33-26(32)23-20-12-6-7-13-21(20)25(31)29(27-23)19-10-3-2-4-11-19/h2-14,17H,15-16H2,1H3/t17-/m1/s1. The van der Waals surface area contributed by atoms with Crippen LogP contribution in [0.4, 0.5) is 5.69 Å². The second-order valence-electron chi connectivity index (χ2n) is 7.86. The number of hydrogen-bond donors (Lipinski definition) is 0. The molecular formula is C26H21N3O4. The summed E-state index contributed by atoms with van der Waals surface area (Å²) in [7, 11) is 0. The van der Waals surface area contributed by atoms with Crippen molar-refractivity contribution in [2.45, 2.75) is 19.4 Å². The molecule has 0 N–H and O–H groups in total. The molecule has 0 bridgehead atoms. The Balaban J connectivity index is 1.48. The second kappa shape index (κ2) is 8.35. The number of carbonyl (C=O) groups excluding carboxylic acids is 2. The van der Waals surface area contributed by atoms with Crippen LogP contribution in [0.1, 0.15) is 23.0 Å². The Bertz CT molecular complexity index is 1430. The Kier molecular flexibility index (Phi) is 5.22. The molecule has 0 radical (unpaired) electrons. The largest absolute Gasteiger partial charge is 0.448 e. The molecule has 33 heavy (non-hydrogen) atoms. The highest BCUT2D eigenvalue weighted by atomic mass is 16.5. The number of carbonyl (C=O) groups is 2. The predicted octanol–water partition coefficient (Wildman–Crippen LogP) is 3.52. The molecule has 0 saturated heterocycles. The maximum absolute atomic E-state index is 13.2. The van der Waals surface area contributed by atoms with Crippen LogP contribution in [0.15, 0.2) is 83.7 Å². The van der Waals surface area contributed by atoms with E-state index in [2.05, 4.69) is 5.10 Å². The SMILES string of the molecule is C[C@@H](OC(=O)c1nn(-c2ccccc2)c(=O)c2ccccc12)C(=O)N1CCc2ccccc21. The van der Waals surface area contributed by atoms with Gasteiger partial charge < -0.3 is 9.64 Å². The summed E-state index contributed by atoms with van der Waals surface area (Å²) in [6, 6.07) is 23.3. The maximum atomic E-state index is 13.2. The highest BCUT2D eigenvalue weighted by Gasteiger charge is 2.31. The first-order valence-corrected chi connectivity index (χ1v) is 10.7. The molecule has 1 aromatic heterocycles. The number of ether oxygens (including phenoxy) is 1. The van der Waals surface area contributed by atoms with Crippen LogP contribution in [0.3, 0.4) is 0 Å². The summed E-state index contributed by atoms with van der Waals surface area (Å²) in [6.07, 6.45) is -0.252. The van der Waals surface area contributed by atoms with Gasteiger partial charge in [0.05, 0.1) is 11.1 Å². The van der Waals surface area contributed by atoms with Crippen molar-refractivity contribution in [1.29, 1.82) is 0 Å². The van der Waals surface area contributed by atoms with Crippen molar-refractivity contribution >= 4 is 28.3 Å². The van der Waals surface area contributed by atoms with Crippen molar-refractivity contribution in [3.63, 3.8) is 0 Å². The average Bonchev–Trinajstić information content (AvgIpc) is 3.28. The van der Waals surface area contributed by atoms with Gasteiger partial charge in [0.1, 0.15) is 0 Å². The molecule has 1 aliphatic rings. The minimum atomic E-state index is -1.01.